The highest BCUT2D eigenvalue weighted by molar-refractivity contribution is 8.09. The Bertz CT molecular complexity index is 1900. The van der Waals surface area contributed by atoms with Gasteiger partial charge in [0.2, 0.25) is 12.4 Å². The van der Waals surface area contributed by atoms with Crippen molar-refractivity contribution >= 4 is 71.8 Å². The van der Waals surface area contributed by atoms with E-state index in [4.69, 9.17) is 51.6 Å². The summed E-state index contributed by atoms with van der Waals surface area (Å²) in [5, 5.41) is 50.8. The standard InChI is InChI=1S/C15H12NO7PS.C12H13NO5.C9H11NO3/c17-12(18)6-5-11-14(24(11)25)23-15(21)16-9-1-3-10(4-2-9)22-8-7-13(19)20;14-10-6-4-9(5-7-10)13-12(17)18-8-2-1-3-11(15)16;1-2-13-9(12)10-7-3-5-8(11)6-4-7/h1-8,11,14H,(H2-,16,17,18,19,20,21);1,3-7,14H,2,8H2,(H,13,17)(H,15,16);3-6,11H,2H2,1H3,(H,10,12)/p+1. The highest BCUT2D eigenvalue weighted by atomic mass is 32.4. The van der Waals surface area contributed by atoms with Gasteiger partial charge in [-0.2, -0.15) is 0 Å². The van der Waals surface area contributed by atoms with Gasteiger partial charge in [0.05, 0.1) is 25.6 Å². The number of carbonyl (C=O) groups is 6. The van der Waals surface area contributed by atoms with Crippen LogP contribution in [0.1, 0.15) is 13.3 Å². The Morgan fingerprint density at radius 2 is 1.14 bits per heavy atom. The molecule has 1 aliphatic heterocycles. The Morgan fingerprint density at radius 1 is 0.679 bits per heavy atom. The first-order valence-corrected chi connectivity index (χ1v) is 18.5. The molecule has 0 spiro atoms. The fourth-order valence-electron chi connectivity index (χ4n) is 3.67. The zero-order valence-corrected chi connectivity index (χ0v) is 31.1. The number of ether oxygens (including phenoxy) is 4. The number of anilines is 3. The van der Waals surface area contributed by atoms with E-state index in [1.54, 1.807) is 31.2 Å². The number of carboxylic acid groups (broad SMARTS) is 3. The number of rotatable bonds is 14. The Hall–Kier alpha value is -6.98. The van der Waals surface area contributed by atoms with E-state index in [9.17, 15) is 28.8 Å². The lowest BCUT2D eigenvalue weighted by Gasteiger charge is -2.05. The maximum atomic E-state index is 11.8. The van der Waals surface area contributed by atoms with Crippen LogP contribution in [0.2, 0.25) is 0 Å². The minimum atomic E-state index is -1.13. The van der Waals surface area contributed by atoms with E-state index in [2.05, 4.69) is 20.7 Å². The molecule has 4 rings (SSSR count). The summed E-state index contributed by atoms with van der Waals surface area (Å²) in [5.41, 5.74) is 1.32. The lowest BCUT2D eigenvalue weighted by molar-refractivity contribution is -0.132. The molecule has 1 saturated heterocycles. The monoisotopic (exact) mass is 814 g/mol. The molecule has 18 nitrogen and oxygen atoms in total. The lowest BCUT2D eigenvalue weighted by Crippen LogP contribution is -2.16. The molecule has 3 amide bonds. The summed E-state index contributed by atoms with van der Waals surface area (Å²) in [7, 11) is 0. The smallest absolute Gasteiger partial charge is 0.415 e. The number of phenolic OH excluding ortho intramolecular Hbond substituents is 2. The Labute approximate surface area is 325 Å². The average molecular weight is 815 g/mol. The van der Waals surface area contributed by atoms with Crippen molar-refractivity contribution in [3.8, 4) is 17.2 Å². The Balaban J connectivity index is 0.000000307. The number of carboxylic acids is 3. The molecule has 20 heteroatoms. The second-order valence-corrected chi connectivity index (χ2v) is 13.6. The van der Waals surface area contributed by atoms with Gasteiger partial charge in [0.1, 0.15) is 17.2 Å². The van der Waals surface area contributed by atoms with Crippen LogP contribution in [0.4, 0.5) is 31.4 Å². The maximum Gasteiger partial charge on any atom is 0.415 e. The third kappa shape index (κ3) is 19.7. The molecule has 3 aromatic rings. The van der Waals surface area contributed by atoms with Gasteiger partial charge < -0.3 is 44.5 Å². The van der Waals surface area contributed by atoms with Crippen molar-refractivity contribution in [1.82, 2.24) is 0 Å². The van der Waals surface area contributed by atoms with Gasteiger partial charge in [0.15, 0.2) is 11.8 Å². The van der Waals surface area contributed by atoms with Crippen LogP contribution in [-0.2, 0) is 40.4 Å². The summed E-state index contributed by atoms with van der Waals surface area (Å²) in [4.78, 5) is 64.9. The lowest BCUT2D eigenvalue weighted by atomic mass is 10.3. The van der Waals surface area contributed by atoms with Crippen molar-refractivity contribution in [3.63, 3.8) is 0 Å². The van der Waals surface area contributed by atoms with Crippen LogP contribution in [0.5, 0.6) is 17.2 Å². The minimum Gasteiger partial charge on any atom is -0.508 e. The molecule has 1 heterocycles. The van der Waals surface area contributed by atoms with E-state index in [-0.39, 0.29) is 23.8 Å². The maximum absolute atomic E-state index is 11.8. The number of nitrogens with one attached hydrogen (secondary N) is 3. The van der Waals surface area contributed by atoms with E-state index in [0.717, 1.165) is 24.5 Å². The first-order chi connectivity index (χ1) is 26.7. The molecule has 1 aliphatic rings. The van der Waals surface area contributed by atoms with Gasteiger partial charge in [-0.1, -0.05) is 6.08 Å². The number of aliphatic carboxylic acids is 3. The molecule has 0 aromatic heterocycles. The van der Waals surface area contributed by atoms with Crippen molar-refractivity contribution in [3.05, 3.63) is 109 Å². The molecule has 56 heavy (non-hydrogen) atoms. The molecule has 0 radical (unpaired) electrons. The van der Waals surface area contributed by atoms with Crippen LogP contribution in [0.3, 0.4) is 0 Å². The van der Waals surface area contributed by atoms with Gasteiger partial charge in [-0.25, -0.2) is 28.8 Å². The molecule has 0 aliphatic carbocycles. The molecule has 3 unspecified atom stereocenters. The highest BCUT2D eigenvalue weighted by Crippen LogP contribution is 2.58. The molecule has 1 fully saturated rings. The molecule has 3 aromatic carbocycles. The third-order valence-corrected chi connectivity index (χ3v) is 9.18. The van der Waals surface area contributed by atoms with Crippen molar-refractivity contribution in [2.24, 2.45) is 0 Å². The van der Waals surface area contributed by atoms with E-state index in [0.29, 0.717) is 35.8 Å². The van der Waals surface area contributed by atoms with Gasteiger partial charge in [0, 0.05) is 35.6 Å². The summed E-state index contributed by atoms with van der Waals surface area (Å²) < 4.78 is 19.7. The fourth-order valence-corrected chi connectivity index (χ4v) is 6.05. The summed E-state index contributed by atoms with van der Waals surface area (Å²) in [5.74, 6) is -3.05. The highest BCUT2D eigenvalue weighted by Gasteiger charge is 2.62. The fraction of sp³-hybridized carbons (Fsp3) is 0.167. The first kappa shape index (κ1) is 45.2. The van der Waals surface area contributed by atoms with Crippen LogP contribution in [0, 0.1) is 0 Å². The van der Waals surface area contributed by atoms with Gasteiger partial charge in [-0.15, -0.1) is 0 Å². The largest absolute Gasteiger partial charge is 0.508 e. The number of aromatic hydroxyl groups is 2. The molecular weight excluding hydrogens is 777 g/mol. The first-order valence-electron chi connectivity index (χ1n) is 16.0. The molecule has 0 saturated carbocycles. The number of benzene rings is 3. The Kier molecular flexibility index (Phi) is 19.7. The van der Waals surface area contributed by atoms with Gasteiger partial charge >= 0.3 is 42.0 Å². The summed E-state index contributed by atoms with van der Waals surface area (Å²) in [6.45, 7) is 1.18. The number of carbonyl (C=O) groups excluding carboxylic acids is 3. The second kappa shape index (κ2) is 24.4. The molecular formula is C36H37N3O15PS+. The van der Waals surface area contributed by atoms with Crippen LogP contribution in [-0.4, -0.2) is 86.4 Å². The molecule has 296 valence electrons. The third-order valence-electron chi connectivity index (χ3n) is 6.21. The van der Waals surface area contributed by atoms with E-state index < -0.39 is 48.7 Å². The minimum absolute atomic E-state index is 0.0910. The quantitative estimate of drug-likeness (QED) is 0.0217. The van der Waals surface area contributed by atoms with Crippen molar-refractivity contribution in [1.29, 1.82) is 0 Å². The average Bonchev–Trinajstić information content (AvgIpc) is 3.75. The van der Waals surface area contributed by atoms with Crippen molar-refractivity contribution in [2.75, 3.05) is 29.2 Å². The van der Waals surface area contributed by atoms with Gasteiger partial charge in [-0.05, 0) is 85.8 Å². The van der Waals surface area contributed by atoms with Crippen molar-refractivity contribution in [2.45, 2.75) is 24.8 Å². The predicted octanol–water partition coefficient (Wildman–Crippen LogP) is 6.44. The predicted molar refractivity (Wildman–Crippen MR) is 206 cm³/mol. The Morgan fingerprint density at radius 3 is 1.62 bits per heavy atom. The summed E-state index contributed by atoms with van der Waals surface area (Å²) in [6.07, 6.45) is 5.21. The normalized spacial score (nSPS) is 14.6. The van der Waals surface area contributed by atoms with Gasteiger partial charge in [-0.3, -0.25) is 16.0 Å². The van der Waals surface area contributed by atoms with Crippen LogP contribution in [0.15, 0.2) is 109 Å². The number of hydrogen-bond donors (Lipinski definition) is 8. The number of phenols is 2. The molecule has 3 atom stereocenters. The second-order valence-electron chi connectivity index (χ2n) is 10.5. The van der Waals surface area contributed by atoms with Crippen molar-refractivity contribution < 1.29 is 73.2 Å². The number of hydrogen-bond acceptors (Lipinski definition) is 13. The topological polar surface area (TPSA) is 277 Å². The van der Waals surface area contributed by atoms with Crippen LogP contribution in [0.25, 0.3) is 0 Å². The number of amides is 3. The van der Waals surface area contributed by atoms with Gasteiger partial charge in [0.25, 0.3) is 0 Å². The SMILES string of the molecule is CCOC(=O)Nc1ccc(O)cc1.O=C(O)C=CCCOC(=O)Nc1ccc(O)cc1.O=C(O)C=COc1ccc(NC(=O)OC2C(C=CC(=O)O)[P+]2=S)cc1. The molecule has 0 bridgehead atoms. The zero-order chi connectivity index (χ0) is 41.5. The summed E-state index contributed by atoms with van der Waals surface area (Å²) in [6, 6.07) is 18.3. The molecule has 8 N–H and O–H groups in total. The van der Waals surface area contributed by atoms with Crippen LogP contribution >= 0.6 is 6.70 Å². The van der Waals surface area contributed by atoms with E-state index >= 15 is 0 Å². The zero-order valence-electron chi connectivity index (χ0n) is 29.3. The summed E-state index contributed by atoms with van der Waals surface area (Å²) >= 11 is 5.14. The van der Waals surface area contributed by atoms with Crippen LogP contribution < -0.4 is 20.7 Å². The van der Waals surface area contributed by atoms with E-state index in [1.807, 2.05) is 0 Å². The van der Waals surface area contributed by atoms with E-state index in [1.165, 1.54) is 60.7 Å².